The van der Waals surface area contributed by atoms with Crippen molar-refractivity contribution >= 4 is 27.5 Å². The van der Waals surface area contributed by atoms with Crippen LogP contribution in [0.1, 0.15) is 40.7 Å². The Hall–Kier alpha value is -2.21. The largest absolute Gasteiger partial charge is 0.338 e. The van der Waals surface area contributed by atoms with Crippen LogP contribution in [-0.2, 0) is 6.54 Å². The van der Waals surface area contributed by atoms with E-state index >= 15 is 0 Å². The third-order valence-electron chi connectivity index (χ3n) is 5.01. The van der Waals surface area contributed by atoms with Gasteiger partial charge >= 0.3 is 0 Å². The third-order valence-corrected chi connectivity index (χ3v) is 6.14. The van der Waals surface area contributed by atoms with Gasteiger partial charge in [-0.2, -0.15) is 5.10 Å². The number of nitrogens with zero attached hydrogens (tertiary/aromatic N) is 3. The molecule has 1 unspecified atom stereocenters. The highest BCUT2D eigenvalue weighted by atomic mass is 32.1. The lowest BCUT2D eigenvalue weighted by atomic mass is 10.0. The Morgan fingerprint density at radius 3 is 2.85 bits per heavy atom. The molecular weight excluding hydrogens is 349 g/mol. The summed E-state index contributed by atoms with van der Waals surface area (Å²) in [6.07, 6.45) is 2.27. The number of hydrogen-bond donors (Lipinski definition) is 0. The maximum Gasteiger partial charge on any atom is 0.264 e. The maximum absolute atomic E-state index is 13.1. The second kappa shape index (κ2) is 6.83. The average molecular weight is 371 g/mol. The van der Waals surface area contributed by atoms with Crippen LogP contribution in [0.15, 0.2) is 30.3 Å². The average Bonchev–Trinajstić information content (AvgIpc) is 3.18. The minimum atomic E-state index is -0.240. The van der Waals surface area contributed by atoms with Crippen molar-refractivity contribution < 1.29 is 9.18 Å². The molecular formula is C20H22FN3OS. The number of aryl methyl sites for hydroxylation is 1. The Balaban J connectivity index is 1.62. The topological polar surface area (TPSA) is 38.1 Å². The van der Waals surface area contributed by atoms with Gasteiger partial charge in [0, 0.05) is 18.5 Å². The number of amides is 1. The Bertz CT molecular complexity index is 944. The molecule has 0 radical (unpaired) electrons. The third kappa shape index (κ3) is 3.26. The lowest BCUT2D eigenvalue weighted by Crippen LogP contribution is -2.38. The van der Waals surface area contributed by atoms with Gasteiger partial charge in [-0.05, 0) is 49.4 Å². The summed E-state index contributed by atoms with van der Waals surface area (Å²) in [7, 11) is 0. The molecule has 1 aliphatic heterocycles. The predicted octanol–water partition coefficient (Wildman–Crippen LogP) is 4.47. The Labute approximate surface area is 156 Å². The summed E-state index contributed by atoms with van der Waals surface area (Å²) in [5.41, 5.74) is 1.91. The van der Waals surface area contributed by atoms with Gasteiger partial charge in [-0.25, -0.2) is 4.39 Å². The first-order chi connectivity index (χ1) is 12.5. The highest BCUT2D eigenvalue weighted by Crippen LogP contribution is 2.30. The molecule has 6 heteroatoms. The van der Waals surface area contributed by atoms with E-state index in [1.54, 1.807) is 12.1 Å². The summed E-state index contributed by atoms with van der Waals surface area (Å²) in [5.74, 6) is 0.457. The van der Waals surface area contributed by atoms with Gasteiger partial charge in [0.05, 0.1) is 17.1 Å². The summed E-state index contributed by atoms with van der Waals surface area (Å²) < 4.78 is 15.0. The quantitative estimate of drug-likeness (QED) is 0.681. The van der Waals surface area contributed by atoms with E-state index in [4.69, 9.17) is 0 Å². The van der Waals surface area contributed by atoms with E-state index in [2.05, 4.69) is 12.0 Å². The number of thiophene rings is 1. The molecule has 1 aliphatic rings. The molecule has 3 aromatic rings. The monoisotopic (exact) mass is 371 g/mol. The van der Waals surface area contributed by atoms with Crippen molar-refractivity contribution in [1.29, 1.82) is 0 Å². The number of benzene rings is 1. The van der Waals surface area contributed by atoms with E-state index < -0.39 is 0 Å². The van der Waals surface area contributed by atoms with Crippen LogP contribution in [0.5, 0.6) is 0 Å². The molecule has 0 aliphatic carbocycles. The molecule has 4 rings (SSSR count). The van der Waals surface area contributed by atoms with Gasteiger partial charge in [0.2, 0.25) is 0 Å². The van der Waals surface area contributed by atoms with Crippen molar-refractivity contribution in [3.8, 4) is 0 Å². The molecule has 0 bridgehead atoms. The zero-order chi connectivity index (χ0) is 18.3. The molecule has 1 saturated heterocycles. The molecule has 2 aromatic heterocycles. The maximum atomic E-state index is 13.1. The first kappa shape index (κ1) is 17.2. The van der Waals surface area contributed by atoms with Crippen molar-refractivity contribution in [3.05, 3.63) is 52.3 Å². The van der Waals surface area contributed by atoms with Gasteiger partial charge in [-0.1, -0.05) is 19.1 Å². The first-order valence-corrected chi connectivity index (χ1v) is 9.83. The highest BCUT2D eigenvalue weighted by molar-refractivity contribution is 7.20. The fourth-order valence-corrected chi connectivity index (χ4v) is 4.75. The van der Waals surface area contributed by atoms with E-state index in [9.17, 15) is 9.18 Å². The molecule has 1 amide bonds. The van der Waals surface area contributed by atoms with Gasteiger partial charge in [-0.15, -0.1) is 11.3 Å². The molecule has 26 heavy (non-hydrogen) atoms. The second-order valence-electron chi connectivity index (χ2n) is 7.20. The molecule has 0 saturated carbocycles. The minimum absolute atomic E-state index is 0.130. The first-order valence-electron chi connectivity index (χ1n) is 9.02. The van der Waals surface area contributed by atoms with Gasteiger partial charge in [0.15, 0.2) is 0 Å². The molecule has 0 N–H and O–H groups in total. The lowest BCUT2D eigenvalue weighted by Gasteiger charge is -2.30. The Morgan fingerprint density at radius 1 is 1.35 bits per heavy atom. The number of fused-ring (bicyclic) bond motifs is 1. The van der Waals surface area contributed by atoms with Crippen molar-refractivity contribution in [2.45, 2.75) is 33.2 Å². The van der Waals surface area contributed by atoms with Crippen LogP contribution in [-0.4, -0.2) is 33.7 Å². The van der Waals surface area contributed by atoms with Crippen molar-refractivity contribution in [3.63, 3.8) is 0 Å². The highest BCUT2D eigenvalue weighted by Gasteiger charge is 2.24. The number of hydrogen-bond acceptors (Lipinski definition) is 3. The molecule has 1 fully saturated rings. The fraction of sp³-hybridized carbons (Fsp3) is 0.400. The summed E-state index contributed by atoms with van der Waals surface area (Å²) >= 11 is 1.51. The Morgan fingerprint density at radius 2 is 2.12 bits per heavy atom. The van der Waals surface area contributed by atoms with Crippen LogP contribution in [0, 0.1) is 18.7 Å². The van der Waals surface area contributed by atoms with Crippen LogP contribution in [0.2, 0.25) is 0 Å². The van der Waals surface area contributed by atoms with E-state index in [1.807, 2.05) is 22.6 Å². The zero-order valence-electron chi connectivity index (χ0n) is 15.0. The molecule has 0 spiro atoms. The molecule has 1 aromatic carbocycles. The van der Waals surface area contributed by atoms with Gasteiger partial charge in [0.1, 0.15) is 10.6 Å². The molecule has 4 nitrogen and oxygen atoms in total. The van der Waals surface area contributed by atoms with Gasteiger partial charge < -0.3 is 4.90 Å². The van der Waals surface area contributed by atoms with Crippen molar-refractivity contribution in [2.24, 2.45) is 5.92 Å². The smallest absolute Gasteiger partial charge is 0.264 e. The number of likely N-dealkylation sites (tertiary alicyclic amines) is 1. The normalized spacial score (nSPS) is 17.8. The van der Waals surface area contributed by atoms with Crippen LogP contribution in [0.25, 0.3) is 10.2 Å². The lowest BCUT2D eigenvalue weighted by molar-refractivity contribution is 0.0688. The summed E-state index contributed by atoms with van der Waals surface area (Å²) in [6.45, 7) is 6.42. The number of carbonyl (C=O) groups excluding carboxylic acids is 1. The van der Waals surface area contributed by atoms with Gasteiger partial charge in [0.25, 0.3) is 5.91 Å². The van der Waals surface area contributed by atoms with Crippen LogP contribution in [0.4, 0.5) is 4.39 Å². The summed E-state index contributed by atoms with van der Waals surface area (Å²) in [6, 6.07) is 8.44. The van der Waals surface area contributed by atoms with E-state index in [0.29, 0.717) is 12.5 Å². The number of piperidine rings is 1. The van der Waals surface area contributed by atoms with Crippen LogP contribution in [0.3, 0.4) is 0 Å². The predicted molar refractivity (Wildman–Crippen MR) is 102 cm³/mol. The summed E-state index contributed by atoms with van der Waals surface area (Å²) in [5, 5.41) is 5.63. The minimum Gasteiger partial charge on any atom is -0.338 e. The second-order valence-corrected chi connectivity index (χ2v) is 8.23. The van der Waals surface area contributed by atoms with E-state index in [-0.39, 0.29) is 11.7 Å². The standard InChI is InChI=1S/C20H22FN3OS/c1-13-4-3-9-23(11-13)19(25)18-10-17-14(2)22-24(20(17)26-18)12-15-5-7-16(21)8-6-15/h5-8,10,13H,3-4,9,11-12H2,1-2H3. The SMILES string of the molecule is Cc1nn(Cc2ccc(F)cc2)c2sc(C(=O)N3CCCC(C)C3)cc12. The van der Waals surface area contributed by atoms with E-state index in [1.165, 1.54) is 29.9 Å². The number of rotatable bonds is 3. The van der Waals surface area contributed by atoms with E-state index in [0.717, 1.165) is 45.9 Å². The number of carbonyl (C=O) groups is 1. The van der Waals surface area contributed by atoms with Crippen molar-refractivity contribution in [2.75, 3.05) is 13.1 Å². The molecule has 136 valence electrons. The zero-order valence-corrected chi connectivity index (χ0v) is 15.9. The Kier molecular flexibility index (Phi) is 4.53. The van der Waals surface area contributed by atoms with Crippen LogP contribution < -0.4 is 0 Å². The van der Waals surface area contributed by atoms with Gasteiger partial charge in [-0.3, -0.25) is 9.48 Å². The number of halogens is 1. The molecule has 3 heterocycles. The fourth-order valence-electron chi connectivity index (χ4n) is 3.62. The number of aromatic nitrogens is 2. The van der Waals surface area contributed by atoms with Crippen LogP contribution >= 0.6 is 11.3 Å². The summed E-state index contributed by atoms with van der Waals surface area (Å²) in [4.78, 5) is 16.7. The van der Waals surface area contributed by atoms with Crippen molar-refractivity contribution in [1.82, 2.24) is 14.7 Å². The molecule has 1 atom stereocenters.